The van der Waals surface area contributed by atoms with Crippen LogP contribution in [0, 0.1) is 0 Å². The van der Waals surface area contributed by atoms with Gasteiger partial charge in [-0.1, -0.05) is 32.6 Å². The van der Waals surface area contributed by atoms with E-state index < -0.39 is 0 Å². The molecule has 0 bridgehead atoms. The second-order valence-electron chi connectivity index (χ2n) is 5.46. The fourth-order valence-electron chi connectivity index (χ4n) is 2.37. The van der Waals surface area contributed by atoms with Gasteiger partial charge in [0, 0.05) is 6.61 Å². The molecule has 20 heavy (non-hydrogen) atoms. The maximum Gasteiger partial charge on any atom is 0.0704 e. The summed E-state index contributed by atoms with van der Waals surface area (Å²) in [5, 5.41) is 3.33. The van der Waals surface area contributed by atoms with E-state index in [1.807, 2.05) is 0 Å². The highest BCUT2D eigenvalue weighted by Crippen LogP contribution is 2.06. The molecular weight excluding hydrogens is 254 g/mol. The van der Waals surface area contributed by atoms with E-state index in [0.29, 0.717) is 32.5 Å². The average Bonchev–Trinajstić information content (AvgIpc) is 2.49. The summed E-state index contributed by atoms with van der Waals surface area (Å²) >= 11 is 0. The molecule has 0 saturated carbocycles. The number of hydrogen-bond acceptors (Lipinski definition) is 4. The molecule has 0 aromatic heterocycles. The fourth-order valence-corrected chi connectivity index (χ4v) is 2.37. The molecule has 0 spiro atoms. The molecule has 4 nitrogen and oxygen atoms in total. The van der Waals surface area contributed by atoms with Crippen molar-refractivity contribution in [3.63, 3.8) is 0 Å². The standard InChI is InChI=1S/C16H33NO3/c1-2-3-4-5-6-11-18-12-13-19-14-15-20-16-7-9-17-10-8-16/h16-17H,2-15H2,1H3. The lowest BCUT2D eigenvalue weighted by molar-refractivity contribution is -0.0199. The van der Waals surface area contributed by atoms with Crippen molar-refractivity contribution < 1.29 is 14.2 Å². The minimum absolute atomic E-state index is 0.430. The first kappa shape index (κ1) is 17.9. The van der Waals surface area contributed by atoms with Crippen LogP contribution in [0.5, 0.6) is 0 Å². The molecule has 1 saturated heterocycles. The smallest absolute Gasteiger partial charge is 0.0704 e. The van der Waals surface area contributed by atoms with Gasteiger partial charge in [0.1, 0.15) is 0 Å². The summed E-state index contributed by atoms with van der Waals surface area (Å²) in [6, 6.07) is 0. The molecule has 0 aromatic carbocycles. The van der Waals surface area contributed by atoms with Gasteiger partial charge in [-0.3, -0.25) is 0 Å². The second kappa shape index (κ2) is 13.8. The lowest BCUT2D eigenvalue weighted by Gasteiger charge is -2.22. The van der Waals surface area contributed by atoms with Gasteiger partial charge in [-0.2, -0.15) is 0 Å². The van der Waals surface area contributed by atoms with Crippen molar-refractivity contribution in [2.75, 3.05) is 46.1 Å². The molecule has 1 rings (SSSR count). The predicted octanol–water partition coefficient (Wildman–Crippen LogP) is 2.76. The Hall–Kier alpha value is -0.160. The summed E-state index contributed by atoms with van der Waals surface area (Å²) in [4.78, 5) is 0. The number of piperidine rings is 1. The van der Waals surface area contributed by atoms with Gasteiger partial charge in [-0.15, -0.1) is 0 Å². The zero-order valence-corrected chi connectivity index (χ0v) is 13.2. The van der Waals surface area contributed by atoms with Crippen LogP contribution < -0.4 is 5.32 Å². The highest BCUT2D eigenvalue weighted by atomic mass is 16.5. The summed E-state index contributed by atoms with van der Waals surface area (Å²) in [5.41, 5.74) is 0. The Labute approximate surface area is 124 Å². The van der Waals surface area contributed by atoms with Crippen molar-refractivity contribution >= 4 is 0 Å². The van der Waals surface area contributed by atoms with Gasteiger partial charge < -0.3 is 19.5 Å². The minimum atomic E-state index is 0.430. The molecular formula is C16H33NO3. The maximum atomic E-state index is 5.76. The lowest BCUT2D eigenvalue weighted by Crippen LogP contribution is -2.33. The normalized spacial score (nSPS) is 16.6. The first-order valence-electron chi connectivity index (χ1n) is 8.41. The van der Waals surface area contributed by atoms with Crippen LogP contribution in [-0.4, -0.2) is 52.2 Å². The first-order chi connectivity index (χ1) is 9.93. The van der Waals surface area contributed by atoms with Crippen molar-refractivity contribution in [1.82, 2.24) is 5.32 Å². The van der Waals surface area contributed by atoms with Crippen molar-refractivity contribution in [2.45, 2.75) is 58.0 Å². The van der Waals surface area contributed by atoms with Crippen LogP contribution in [0.15, 0.2) is 0 Å². The van der Waals surface area contributed by atoms with Gasteiger partial charge in [0.15, 0.2) is 0 Å². The Kier molecular flexibility index (Phi) is 12.3. The van der Waals surface area contributed by atoms with E-state index in [-0.39, 0.29) is 0 Å². The Morgan fingerprint density at radius 2 is 1.45 bits per heavy atom. The molecule has 1 heterocycles. The number of rotatable bonds is 13. The van der Waals surface area contributed by atoms with E-state index in [1.54, 1.807) is 0 Å². The summed E-state index contributed by atoms with van der Waals surface area (Å²) in [7, 11) is 0. The molecule has 0 unspecified atom stereocenters. The van der Waals surface area contributed by atoms with Gasteiger partial charge in [-0.25, -0.2) is 0 Å². The van der Waals surface area contributed by atoms with Gasteiger partial charge in [0.2, 0.25) is 0 Å². The Bertz CT molecular complexity index is 196. The zero-order valence-electron chi connectivity index (χ0n) is 13.2. The summed E-state index contributed by atoms with van der Waals surface area (Å²) in [6.45, 7) is 8.06. The van der Waals surface area contributed by atoms with Crippen molar-refractivity contribution in [1.29, 1.82) is 0 Å². The van der Waals surface area contributed by atoms with E-state index in [9.17, 15) is 0 Å². The molecule has 1 N–H and O–H groups in total. The fraction of sp³-hybridized carbons (Fsp3) is 1.00. The Morgan fingerprint density at radius 3 is 2.20 bits per heavy atom. The number of nitrogens with one attached hydrogen (secondary N) is 1. The molecule has 4 heteroatoms. The molecule has 0 atom stereocenters. The number of ether oxygens (including phenoxy) is 3. The van der Waals surface area contributed by atoms with Crippen LogP contribution in [0.2, 0.25) is 0 Å². The van der Waals surface area contributed by atoms with Crippen LogP contribution >= 0.6 is 0 Å². The summed E-state index contributed by atoms with van der Waals surface area (Å²) in [5.74, 6) is 0. The third-order valence-electron chi connectivity index (χ3n) is 3.63. The zero-order chi connectivity index (χ0) is 14.3. The Balaban J connectivity index is 1.70. The quantitative estimate of drug-likeness (QED) is 0.529. The SMILES string of the molecule is CCCCCCCOCCOCCOC1CCNCC1. The van der Waals surface area contributed by atoms with E-state index in [0.717, 1.165) is 32.5 Å². The van der Waals surface area contributed by atoms with Crippen molar-refractivity contribution in [3.8, 4) is 0 Å². The van der Waals surface area contributed by atoms with Crippen LogP contribution in [0.3, 0.4) is 0 Å². The van der Waals surface area contributed by atoms with E-state index in [2.05, 4.69) is 12.2 Å². The molecule has 1 fully saturated rings. The monoisotopic (exact) mass is 287 g/mol. The molecule has 0 aromatic rings. The van der Waals surface area contributed by atoms with Crippen LogP contribution in [0.25, 0.3) is 0 Å². The first-order valence-corrected chi connectivity index (χ1v) is 8.41. The second-order valence-corrected chi connectivity index (χ2v) is 5.46. The molecule has 1 aliphatic heterocycles. The molecule has 120 valence electrons. The molecule has 1 aliphatic rings. The van der Waals surface area contributed by atoms with Crippen LogP contribution in [0.4, 0.5) is 0 Å². The van der Waals surface area contributed by atoms with E-state index >= 15 is 0 Å². The van der Waals surface area contributed by atoms with Gasteiger partial charge in [0.05, 0.1) is 32.5 Å². The van der Waals surface area contributed by atoms with E-state index in [4.69, 9.17) is 14.2 Å². The maximum absolute atomic E-state index is 5.76. The van der Waals surface area contributed by atoms with Gasteiger partial charge in [-0.05, 0) is 32.4 Å². The lowest BCUT2D eigenvalue weighted by atomic mass is 10.1. The Morgan fingerprint density at radius 1 is 0.800 bits per heavy atom. The molecule has 0 radical (unpaired) electrons. The average molecular weight is 287 g/mol. The minimum Gasteiger partial charge on any atom is -0.379 e. The predicted molar refractivity (Wildman–Crippen MR) is 82.2 cm³/mol. The van der Waals surface area contributed by atoms with E-state index in [1.165, 1.54) is 32.1 Å². The van der Waals surface area contributed by atoms with Gasteiger partial charge >= 0.3 is 0 Å². The van der Waals surface area contributed by atoms with Crippen LogP contribution in [-0.2, 0) is 14.2 Å². The van der Waals surface area contributed by atoms with Crippen LogP contribution in [0.1, 0.15) is 51.9 Å². The summed E-state index contributed by atoms with van der Waals surface area (Å²) < 4.78 is 16.8. The number of hydrogen-bond donors (Lipinski definition) is 1. The highest BCUT2D eigenvalue weighted by Gasteiger charge is 2.12. The van der Waals surface area contributed by atoms with Crippen molar-refractivity contribution in [2.24, 2.45) is 0 Å². The highest BCUT2D eigenvalue weighted by molar-refractivity contribution is 4.67. The summed E-state index contributed by atoms with van der Waals surface area (Å²) in [6.07, 6.45) is 9.14. The number of unbranched alkanes of at least 4 members (excludes halogenated alkanes) is 4. The van der Waals surface area contributed by atoms with Gasteiger partial charge in [0.25, 0.3) is 0 Å². The molecule has 0 amide bonds. The third kappa shape index (κ3) is 10.6. The largest absolute Gasteiger partial charge is 0.379 e. The third-order valence-corrected chi connectivity index (χ3v) is 3.63. The van der Waals surface area contributed by atoms with Crippen molar-refractivity contribution in [3.05, 3.63) is 0 Å². The topological polar surface area (TPSA) is 39.7 Å². The molecule has 0 aliphatic carbocycles.